The van der Waals surface area contributed by atoms with Crippen molar-refractivity contribution >= 4 is 15.9 Å². The molecule has 1 aromatic heterocycles. The van der Waals surface area contributed by atoms with Crippen LogP contribution in [0.25, 0.3) is 0 Å². The van der Waals surface area contributed by atoms with Gasteiger partial charge in [-0.2, -0.15) is 0 Å². The van der Waals surface area contributed by atoms with Crippen LogP contribution in [0.5, 0.6) is 0 Å². The normalized spacial score (nSPS) is 12.5. The average Bonchev–Trinajstić information content (AvgIpc) is 2.29. The van der Waals surface area contributed by atoms with Crippen molar-refractivity contribution in [3.8, 4) is 0 Å². The van der Waals surface area contributed by atoms with Crippen molar-refractivity contribution in [3.05, 3.63) is 63.6 Å². The summed E-state index contributed by atoms with van der Waals surface area (Å²) in [6, 6.07) is 6.06. The summed E-state index contributed by atoms with van der Waals surface area (Å²) in [4.78, 5) is 3.99. The maximum Gasteiger partial charge on any atom is 0.124 e. The van der Waals surface area contributed by atoms with Crippen LogP contribution in [0.2, 0.25) is 0 Å². The van der Waals surface area contributed by atoms with Crippen LogP contribution in [-0.2, 0) is 0 Å². The number of rotatable bonds is 2. The Morgan fingerprint density at radius 2 is 2.06 bits per heavy atom. The molecule has 0 fully saturated rings. The molecule has 1 heterocycles. The van der Waals surface area contributed by atoms with Crippen LogP contribution in [0.1, 0.15) is 22.8 Å². The van der Waals surface area contributed by atoms with Gasteiger partial charge in [0.15, 0.2) is 0 Å². The van der Waals surface area contributed by atoms with E-state index < -0.39 is 6.10 Å². The van der Waals surface area contributed by atoms with E-state index in [2.05, 4.69) is 20.9 Å². The molecule has 4 heteroatoms. The number of aliphatic hydroxyl groups excluding tert-OH is 1. The second kappa shape index (κ2) is 4.94. The molecule has 2 aromatic rings. The van der Waals surface area contributed by atoms with Gasteiger partial charge in [0, 0.05) is 22.4 Å². The summed E-state index contributed by atoms with van der Waals surface area (Å²) >= 11 is 3.25. The molecule has 0 bridgehead atoms. The summed E-state index contributed by atoms with van der Waals surface area (Å²) in [6.07, 6.45) is 2.49. The molecule has 1 aromatic carbocycles. The topological polar surface area (TPSA) is 33.1 Å². The SMILES string of the molecule is Cc1ccncc1C(O)c1ccc(F)cc1Br. The maximum absolute atomic E-state index is 13.0. The van der Waals surface area contributed by atoms with Crippen LogP contribution in [0.3, 0.4) is 0 Å². The zero-order valence-corrected chi connectivity index (χ0v) is 10.8. The molecule has 0 aliphatic rings. The molecule has 2 rings (SSSR count). The summed E-state index contributed by atoms with van der Waals surface area (Å²) in [5.74, 6) is -0.337. The minimum Gasteiger partial charge on any atom is -0.384 e. The standard InChI is InChI=1S/C13H11BrFNO/c1-8-4-5-16-7-11(8)13(17)10-3-2-9(15)6-12(10)14/h2-7,13,17H,1H3. The van der Waals surface area contributed by atoms with E-state index in [9.17, 15) is 9.50 Å². The Bertz CT molecular complexity index is 545. The van der Waals surface area contributed by atoms with Gasteiger partial charge >= 0.3 is 0 Å². The molecule has 0 radical (unpaired) electrons. The number of aryl methyl sites for hydroxylation is 1. The first kappa shape index (κ1) is 12.2. The van der Waals surface area contributed by atoms with E-state index in [1.54, 1.807) is 18.5 Å². The number of benzene rings is 1. The fraction of sp³-hybridized carbons (Fsp3) is 0.154. The van der Waals surface area contributed by atoms with Crippen molar-refractivity contribution in [2.75, 3.05) is 0 Å². The van der Waals surface area contributed by atoms with Gasteiger partial charge < -0.3 is 5.11 Å². The molecule has 2 nitrogen and oxygen atoms in total. The number of halogens is 2. The molecule has 17 heavy (non-hydrogen) atoms. The quantitative estimate of drug-likeness (QED) is 0.921. The van der Waals surface area contributed by atoms with Crippen LogP contribution in [-0.4, -0.2) is 10.1 Å². The van der Waals surface area contributed by atoms with Gasteiger partial charge in [0.2, 0.25) is 0 Å². The lowest BCUT2D eigenvalue weighted by Crippen LogP contribution is -2.03. The highest BCUT2D eigenvalue weighted by molar-refractivity contribution is 9.10. The lowest BCUT2D eigenvalue weighted by atomic mass is 9.99. The number of aromatic nitrogens is 1. The second-order valence-corrected chi connectivity index (χ2v) is 4.65. The smallest absolute Gasteiger partial charge is 0.124 e. The van der Waals surface area contributed by atoms with Crippen molar-refractivity contribution in [2.45, 2.75) is 13.0 Å². The van der Waals surface area contributed by atoms with Gasteiger partial charge in [0.05, 0.1) is 0 Å². The zero-order valence-electron chi connectivity index (χ0n) is 9.19. The first-order chi connectivity index (χ1) is 8.09. The lowest BCUT2D eigenvalue weighted by molar-refractivity contribution is 0.218. The first-order valence-electron chi connectivity index (χ1n) is 5.13. The van der Waals surface area contributed by atoms with Crippen molar-refractivity contribution in [1.82, 2.24) is 4.98 Å². The molecule has 1 atom stereocenters. The number of pyridine rings is 1. The second-order valence-electron chi connectivity index (χ2n) is 3.80. The van der Waals surface area contributed by atoms with E-state index in [0.29, 0.717) is 10.0 Å². The van der Waals surface area contributed by atoms with E-state index in [4.69, 9.17) is 0 Å². The summed E-state index contributed by atoms with van der Waals surface area (Å²) in [5, 5.41) is 10.3. The molecule has 88 valence electrons. The molecular weight excluding hydrogens is 285 g/mol. The highest BCUT2D eigenvalue weighted by Crippen LogP contribution is 2.30. The Labute approximate surface area is 107 Å². The Morgan fingerprint density at radius 1 is 1.29 bits per heavy atom. The van der Waals surface area contributed by atoms with Crippen molar-refractivity contribution < 1.29 is 9.50 Å². The van der Waals surface area contributed by atoms with E-state index in [1.165, 1.54) is 12.1 Å². The van der Waals surface area contributed by atoms with Crippen LogP contribution in [0.15, 0.2) is 41.1 Å². The highest BCUT2D eigenvalue weighted by atomic mass is 79.9. The molecule has 0 saturated carbocycles. The van der Waals surface area contributed by atoms with E-state index in [0.717, 1.165) is 11.1 Å². The number of hydrogen-bond donors (Lipinski definition) is 1. The van der Waals surface area contributed by atoms with E-state index >= 15 is 0 Å². The fourth-order valence-corrected chi connectivity index (χ4v) is 2.22. The number of hydrogen-bond acceptors (Lipinski definition) is 2. The van der Waals surface area contributed by atoms with Gasteiger partial charge in [-0.25, -0.2) is 4.39 Å². The summed E-state index contributed by atoms with van der Waals surface area (Å²) in [5.41, 5.74) is 2.30. The third kappa shape index (κ3) is 2.53. The Morgan fingerprint density at radius 3 is 2.71 bits per heavy atom. The Kier molecular flexibility index (Phi) is 3.54. The van der Waals surface area contributed by atoms with Crippen LogP contribution in [0, 0.1) is 12.7 Å². The minimum atomic E-state index is -0.807. The largest absolute Gasteiger partial charge is 0.384 e. The molecule has 0 aliphatic heterocycles. The minimum absolute atomic E-state index is 0.337. The van der Waals surface area contributed by atoms with Crippen LogP contribution < -0.4 is 0 Å². The van der Waals surface area contributed by atoms with Gasteiger partial charge in [-0.15, -0.1) is 0 Å². The van der Waals surface area contributed by atoms with Gasteiger partial charge in [-0.05, 0) is 36.2 Å². The highest BCUT2D eigenvalue weighted by Gasteiger charge is 2.16. The maximum atomic E-state index is 13.0. The molecule has 1 N–H and O–H groups in total. The van der Waals surface area contributed by atoms with Crippen LogP contribution >= 0.6 is 15.9 Å². The Hall–Kier alpha value is -1.26. The van der Waals surface area contributed by atoms with Gasteiger partial charge in [0.25, 0.3) is 0 Å². The molecule has 0 aliphatic carbocycles. The van der Waals surface area contributed by atoms with Crippen molar-refractivity contribution in [2.24, 2.45) is 0 Å². The average molecular weight is 296 g/mol. The van der Waals surface area contributed by atoms with Gasteiger partial charge in [0.1, 0.15) is 11.9 Å². The molecule has 1 unspecified atom stereocenters. The predicted octanol–water partition coefficient (Wildman–Crippen LogP) is 3.37. The Balaban J connectivity index is 2.44. The number of aliphatic hydroxyl groups is 1. The van der Waals surface area contributed by atoms with Crippen LogP contribution in [0.4, 0.5) is 4.39 Å². The fourth-order valence-electron chi connectivity index (χ4n) is 1.65. The summed E-state index contributed by atoms with van der Waals surface area (Å²) < 4.78 is 13.5. The third-order valence-corrected chi connectivity index (χ3v) is 3.32. The molecular formula is C13H11BrFNO. The predicted molar refractivity (Wildman–Crippen MR) is 67.1 cm³/mol. The van der Waals surface area contributed by atoms with Gasteiger partial charge in [-0.3, -0.25) is 4.98 Å². The van der Waals surface area contributed by atoms with E-state index in [1.807, 2.05) is 13.0 Å². The van der Waals surface area contributed by atoms with Gasteiger partial charge in [-0.1, -0.05) is 22.0 Å². The van der Waals surface area contributed by atoms with Crippen molar-refractivity contribution in [3.63, 3.8) is 0 Å². The molecule has 0 saturated heterocycles. The monoisotopic (exact) mass is 295 g/mol. The number of nitrogens with zero attached hydrogens (tertiary/aromatic N) is 1. The molecule has 0 spiro atoms. The zero-order chi connectivity index (χ0) is 12.4. The summed E-state index contributed by atoms with van der Waals surface area (Å²) in [7, 11) is 0. The summed E-state index contributed by atoms with van der Waals surface area (Å²) in [6.45, 7) is 1.90. The third-order valence-electron chi connectivity index (χ3n) is 2.63. The first-order valence-corrected chi connectivity index (χ1v) is 5.92. The molecule has 0 amide bonds. The van der Waals surface area contributed by atoms with Crippen molar-refractivity contribution in [1.29, 1.82) is 0 Å². The van der Waals surface area contributed by atoms with E-state index in [-0.39, 0.29) is 5.82 Å². The lowest BCUT2D eigenvalue weighted by Gasteiger charge is -2.15.